The van der Waals surface area contributed by atoms with Crippen molar-refractivity contribution in [3.8, 4) is 0 Å². The number of piperidine rings is 1. The molecule has 1 unspecified atom stereocenters. The first-order chi connectivity index (χ1) is 9.65. The van der Waals surface area contributed by atoms with Crippen LogP contribution in [0.15, 0.2) is 18.2 Å². The average molecular weight is 293 g/mol. The smallest absolute Gasteiger partial charge is 0.178 e. The number of hydrogen-bond donors (Lipinski definition) is 1. The Morgan fingerprint density at radius 1 is 1.30 bits per heavy atom. The van der Waals surface area contributed by atoms with Crippen LogP contribution in [0.2, 0.25) is 0 Å². The van der Waals surface area contributed by atoms with E-state index in [1.54, 1.807) is 6.07 Å². The molecule has 2 aromatic rings. The van der Waals surface area contributed by atoms with Crippen LogP contribution in [-0.2, 0) is 6.54 Å². The topological polar surface area (TPSA) is 24.0 Å². The van der Waals surface area contributed by atoms with E-state index < -0.39 is 0 Å². The van der Waals surface area contributed by atoms with Gasteiger partial charge in [0, 0.05) is 12.6 Å². The molecule has 1 atom stereocenters. The molecule has 0 bridgehead atoms. The molecule has 1 aromatic heterocycles. The van der Waals surface area contributed by atoms with Gasteiger partial charge in [-0.15, -0.1) is 0 Å². The lowest BCUT2D eigenvalue weighted by Gasteiger charge is -2.32. The van der Waals surface area contributed by atoms with Crippen LogP contribution >= 0.6 is 12.2 Å². The summed E-state index contributed by atoms with van der Waals surface area (Å²) >= 11 is 5.38. The largest absolute Gasteiger partial charge is 0.330 e. The van der Waals surface area contributed by atoms with Crippen molar-refractivity contribution in [1.82, 2.24) is 14.5 Å². The van der Waals surface area contributed by atoms with Gasteiger partial charge in [-0.25, -0.2) is 4.39 Å². The second-order valence-corrected chi connectivity index (χ2v) is 6.03. The number of halogens is 1. The van der Waals surface area contributed by atoms with E-state index in [1.165, 1.54) is 44.5 Å². The monoisotopic (exact) mass is 293 g/mol. The summed E-state index contributed by atoms with van der Waals surface area (Å²) < 4.78 is 16.0. The zero-order valence-corrected chi connectivity index (χ0v) is 12.5. The first-order valence-electron chi connectivity index (χ1n) is 7.27. The number of nitrogens with one attached hydrogen (secondary N) is 1. The molecular weight excluding hydrogens is 273 g/mol. The predicted octanol–water partition coefficient (Wildman–Crippen LogP) is 3.71. The van der Waals surface area contributed by atoms with Gasteiger partial charge in [0.15, 0.2) is 4.77 Å². The van der Waals surface area contributed by atoms with Crippen LogP contribution in [0.5, 0.6) is 0 Å². The van der Waals surface area contributed by atoms with Crippen LogP contribution in [0.3, 0.4) is 0 Å². The zero-order valence-electron chi connectivity index (χ0n) is 11.7. The van der Waals surface area contributed by atoms with Crippen molar-refractivity contribution in [2.45, 2.75) is 38.8 Å². The highest BCUT2D eigenvalue weighted by Crippen LogP contribution is 2.18. The lowest BCUT2D eigenvalue weighted by Crippen LogP contribution is -2.39. The highest BCUT2D eigenvalue weighted by atomic mass is 32.1. The molecule has 0 amide bonds. The SMILES string of the molecule is CC(Cn1c(=S)[nH]c2cc(F)ccc21)N1CCCCC1. The summed E-state index contributed by atoms with van der Waals surface area (Å²) in [6.45, 7) is 5.44. The van der Waals surface area contributed by atoms with Crippen molar-refractivity contribution in [2.24, 2.45) is 0 Å². The number of H-pyrrole nitrogens is 1. The molecule has 1 N–H and O–H groups in total. The van der Waals surface area contributed by atoms with Gasteiger partial charge in [0.2, 0.25) is 0 Å². The second-order valence-electron chi connectivity index (χ2n) is 5.65. The van der Waals surface area contributed by atoms with Crippen molar-refractivity contribution in [2.75, 3.05) is 13.1 Å². The van der Waals surface area contributed by atoms with E-state index in [0.29, 0.717) is 10.8 Å². The number of aromatic nitrogens is 2. The minimum absolute atomic E-state index is 0.232. The number of nitrogens with zero attached hydrogens (tertiary/aromatic N) is 2. The van der Waals surface area contributed by atoms with Gasteiger partial charge in [0.1, 0.15) is 5.82 Å². The van der Waals surface area contributed by atoms with Crippen LogP contribution in [0.25, 0.3) is 11.0 Å². The molecule has 0 saturated carbocycles. The van der Waals surface area contributed by atoms with E-state index in [4.69, 9.17) is 12.2 Å². The molecule has 2 heterocycles. The van der Waals surface area contributed by atoms with Crippen LogP contribution in [0.4, 0.5) is 4.39 Å². The molecule has 3 nitrogen and oxygen atoms in total. The summed E-state index contributed by atoms with van der Waals surface area (Å²) in [4.78, 5) is 5.62. The van der Waals surface area contributed by atoms with Gasteiger partial charge in [0.05, 0.1) is 11.0 Å². The van der Waals surface area contributed by atoms with E-state index in [-0.39, 0.29) is 5.82 Å². The fourth-order valence-electron chi connectivity index (χ4n) is 3.06. The van der Waals surface area contributed by atoms with Gasteiger partial charge in [0.25, 0.3) is 0 Å². The maximum Gasteiger partial charge on any atom is 0.178 e. The summed E-state index contributed by atoms with van der Waals surface area (Å²) in [7, 11) is 0. The molecule has 1 fully saturated rings. The van der Waals surface area contributed by atoms with Gasteiger partial charge in [-0.2, -0.15) is 0 Å². The highest BCUT2D eigenvalue weighted by molar-refractivity contribution is 7.71. The van der Waals surface area contributed by atoms with E-state index in [2.05, 4.69) is 21.4 Å². The third kappa shape index (κ3) is 2.65. The molecule has 1 saturated heterocycles. The number of likely N-dealkylation sites (tertiary alicyclic amines) is 1. The van der Waals surface area contributed by atoms with Gasteiger partial charge in [-0.05, 0) is 63.3 Å². The normalized spacial score (nSPS) is 18.5. The second kappa shape index (κ2) is 5.66. The van der Waals surface area contributed by atoms with E-state index >= 15 is 0 Å². The zero-order chi connectivity index (χ0) is 14.1. The Hall–Kier alpha value is -1.20. The number of fused-ring (bicyclic) bond motifs is 1. The van der Waals surface area contributed by atoms with Crippen molar-refractivity contribution >= 4 is 23.3 Å². The van der Waals surface area contributed by atoms with E-state index in [9.17, 15) is 4.39 Å². The van der Waals surface area contributed by atoms with E-state index in [1.807, 2.05) is 0 Å². The predicted molar refractivity (Wildman–Crippen MR) is 82.0 cm³/mol. The van der Waals surface area contributed by atoms with Crippen molar-refractivity contribution in [1.29, 1.82) is 0 Å². The van der Waals surface area contributed by atoms with Gasteiger partial charge >= 0.3 is 0 Å². The lowest BCUT2D eigenvalue weighted by molar-refractivity contribution is 0.160. The third-order valence-corrected chi connectivity index (χ3v) is 4.52. The van der Waals surface area contributed by atoms with Crippen LogP contribution in [0, 0.1) is 10.6 Å². The number of benzene rings is 1. The molecule has 3 rings (SSSR count). The van der Waals surface area contributed by atoms with Gasteiger partial charge in [-0.3, -0.25) is 4.90 Å². The maximum absolute atomic E-state index is 13.3. The molecule has 1 aliphatic heterocycles. The quantitative estimate of drug-likeness (QED) is 0.872. The average Bonchev–Trinajstić information content (AvgIpc) is 2.75. The molecule has 1 aromatic carbocycles. The molecule has 108 valence electrons. The summed E-state index contributed by atoms with van der Waals surface area (Å²) in [5.74, 6) is -0.232. The van der Waals surface area contributed by atoms with Gasteiger partial charge in [-0.1, -0.05) is 6.42 Å². The molecule has 1 aliphatic rings. The van der Waals surface area contributed by atoms with Crippen LogP contribution in [0.1, 0.15) is 26.2 Å². The van der Waals surface area contributed by atoms with E-state index in [0.717, 1.165) is 17.6 Å². The summed E-state index contributed by atoms with van der Waals surface area (Å²) in [5, 5.41) is 0. The minimum atomic E-state index is -0.232. The molecular formula is C15H20FN3S. The Labute approximate surface area is 123 Å². The molecule has 0 spiro atoms. The Morgan fingerprint density at radius 3 is 2.80 bits per heavy atom. The van der Waals surface area contributed by atoms with Crippen molar-refractivity contribution in [3.05, 3.63) is 28.8 Å². The van der Waals surface area contributed by atoms with Crippen LogP contribution in [-0.4, -0.2) is 33.6 Å². The Balaban J connectivity index is 1.86. The number of rotatable bonds is 3. The number of aromatic amines is 1. The lowest BCUT2D eigenvalue weighted by atomic mass is 10.1. The molecule has 0 radical (unpaired) electrons. The number of imidazole rings is 1. The third-order valence-electron chi connectivity index (χ3n) is 4.20. The molecule has 0 aliphatic carbocycles. The maximum atomic E-state index is 13.3. The Kier molecular flexibility index (Phi) is 3.89. The highest BCUT2D eigenvalue weighted by Gasteiger charge is 2.18. The Bertz CT molecular complexity index is 655. The molecule has 5 heteroatoms. The fraction of sp³-hybridized carbons (Fsp3) is 0.533. The standard InChI is InChI=1S/C15H20FN3S/c1-11(18-7-3-2-4-8-18)10-19-14-6-5-12(16)9-13(14)17-15(19)20/h5-6,9,11H,2-4,7-8,10H2,1H3,(H,17,20). The first kappa shape index (κ1) is 13.8. The summed E-state index contributed by atoms with van der Waals surface area (Å²) in [6.07, 6.45) is 3.92. The first-order valence-corrected chi connectivity index (χ1v) is 7.68. The fourth-order valence-corrected chi connectivity index (χ4v) is 3.34. The Morgan fingerprint density at radius 2 is 2.05 bits per heavy atom. The summed E-state index contributed by atoms with van der Waals surface area (Å²) in [6, 6.07) is 5.26. The van der Waals surface area contributed by atoms with Crippen molar-refractivity contribution < 1.29 is 4.39 Å². The number of hydrogen-bond acceptors (Lipinski definition) is 2. The molecule has 20 heavy (non-hydrogen) atoms. The minimum Gasteiger partial charge on any atom is -0.330 e. The van der Waals surface area contributed by atoms with Gasteiger partial charge < -0.3 is 9.55 Å². The van der Waals surface area contributed by atoms with Crippen molar-refractivity contribution in [3.63, 3.8) is 0 Å². The summed E-state index contributed by atoms with van der Waals surface area (Å²) in [5.41, 5.74) is 1.76. The van der Waals surface area contributed by atoms with Crippen LogP contribution < -0.4 is 0 Å².